The second-order valence-corrected chi connectivity index (χ2v) is 6.92. The van der Waals surface area contributed by atoms with Gasteiger partial charge in [0, 0.05) is 24.0 Å². The minimum Gasteiger partial charge on any atom is -0.370 e. The molecule has 0 amide bonds. The number of hydrogen-bond acceptors (Lipinski definition) is 3. The number of benzene rings is 2. The normalized spacial score (nSPS) is 15.3. The SMILES string of the molecule is O=c1[nH]nc(-c2ccc(N3CCCCCC3)c(Cl)c2)c2ccccc12. The lowest BCUT2D eigenvalue weighted by Crippen LogP contribution is -2.24. The fraction of sp³-hybridized carbons (Fsp3) is 0.300. The number of hydrogen-bond donors (Lipinski definition) is 1. The molecule has 0 atom stereocenters. The van der Waals surface area contributed by atoms with Crippen molar-refractivity contribution in [3.05, 3.63) is 57.8 Å². The minimum atomic E-state index is -0.174. The van der Waals surface area contributed by atoms with Gasteiger partial charge in [-0.05, 0) is 31.0 Å². The Balaban J connectivity index is 1.76. The van der Waals surface area contributed by atoms with E-state index in [1.807, 2.05) is 36.4 Å². The van der Waals surface area contributed by atoms with Gasteiger partial charge in [0.25, 0.3) is 5.56 Å². The Morgan fingerprint density at radius 1 is 0.960 bits per heavy atom. The van der Waals surface area contributed by atoms with Crippen molar-refractivity contribution < 1.29 is 0 Å². The van der Waals surface area contributed by atoms with Crippen molar-refractivity contribution in [2.45, 2.75) is 25.7 Å². The molecule has 25 heavy (non-hydrogen) atoms. The summed E-state index contributed by atoms with van der Waals surface area (Å²) in [5.41, 5.74) is 2.57. The zero-order valence-corrected chi connectivity index (χ0v) is 14.7. The third-order valence-corrected chi connectivity index (χ3v) is 5.17. The summed E-state index contributed by atoms with van der Waals surface area (Å²) in [6.07, 6.45) is 5.01. The largest absolute Gasteiger partial charge is 0.370 e. The Bertz CT molecular complexity index is 959. The minimum absolute atomic E-state index is 0.174. The molecule has 5 heteroatoms. The summed E-state index contributed by atoms with van der Waals surface area (Å²) in [7, 11) is 0. The van der Waals surface area contributed by atoms with Crippen molar-refractivity contribution in [3.63, 3.8) is 0 Å². The van der Waals surface area contributed by atoms with Gasteiger partial charge in [-0.25, -0.2) is 5.10 Å². The molecule has 1 aliphatic heterocycles. The molecule has 128 valence electrons. The molecule has 0 radical (unpaired) electrons. The van der Waals surface area contributed by atoms with Crippen LogP contribution in [0.25, 0.3) is 22.0 Å². The molecule has 0 aliphatic carbocycles. The van der Waals surface area contributed by atoms with Gasteiger partial charge in [0.05, 0.1) is 21.8 Å². The van der Waals surface area contributed by atoms with Crippen molar-refractivity contribution in [1.82, 2.24) is 10.2 Å². The maximum absolute atomic E-state index is 12.0. The van der Waals surface area contributed by atoms with E-state index in [2.05, 4.69) is 21.2 Å². The number of nitrogens with zero attached hydrogens (tertiary/aromatic N) is 2. The molecule has 0 bridgehead atoms. The van der Waals surface area contributed by atoms with Gasteiger partial charge in [-0.3, -0.25) is 4.79 Å². The van der Waals surface area contributed by atoms with Crippen LogP contribution < -0.4 is 10.5 Å². The Hall–Kier alpha value is -2.33. The first-order valence-electron chi connectivity index (χ1n) is 8.76. The van der Waals surface area contributed by atoms with Crippen molar-refractivity contribution in [2.24, 2.45) is 0 Å². The summed E-state index contributed by atoms with van der Waals surface area (Å²) in [6, 6.07) is 13.6. The topological polar surface area (TPSA) is 49.0 Å². The van der Waals surface area contributed by atoms with Gasteiger partial charge in [-0.15, -0.1) is 0 Å². The highest BCUT2D eigenvalue weighted by Crippen LogP contribution is 2.33. The first-order valence-corrected chi connectivity index (χ1v) is 9.14. The molecule has 2 heterocycles. The number of aromatic amines is 1. The predicted molar refractivity (Wildman–Crippen MR) is 103 cm³/mol. The van der Waals surface area contributed by atoms with Crippen molar-refractivity contribution >= 4 is 28.1 Å². The highest BCUT2D eigenvalue weighted by atomic mass is 35.5. The lowest BCUT2D eigenvalue weighted by atomic mass is 10.0. The van der Waals surface area contributed by atoms with Crippen LogP contribution >= 0.6 is 11.6 Å². The number of nitrogens with one attached hydrogen (secondary N) is 1. The van der Waals surface area contributed by atoms with Gasteiger partial charge in [-0.1, -0.05) is 48.7 Å². The fourth-order valence-electron chi connectivity index (χ4n) is 3.56. The molecule has 1 aliphatic rings. The van der Waals surface area contributed by atoms with Crippen LogP contribution in [0.4, 0.5) is 5.69 Å². The lowest BCUT2D eigenvalue weighted by Gasteiger charge is -2.24. The van der Waals surface area contributed by atoms with E-state index in [-0.39, 0.29) is 5.56 Å². The highest BCUT2D eigenvalue weighted by Gasteiger charge is 2.15. The van der Waals surface area contributed by atoms with Crippen LogP contribution in [-0.2, 0) is 0 Å². The summed E-state index contributed by atoms with van der Waals surface area (Å²) in [5, 5.41) is 9.06. The summed E-state index contributed by atoms with van der Waals surface area (Å²) in [6.45, 7) is 2.11. The highest BCUT2D eigenvalue weighted by molar-refractivity contribution is 6.33. The first kappa shape index (κ1) is 16.2. The number of halogens is 1. The number of H-pyrrole nitrogens is 1. The molecule has 0 spiro atoms. The molecule has 1 N–H and O–H groups in total. The van der Waals surface area contributed by atoms with Crippen LogP contribution in [0.1, 0.15) is 25.7 Å². The van der Waals surface area contributed by atoms with Crippen LogP contribution in [0.5, 0.6) is 0 Å². The molecular weight excluding hydrogens is 334 g/mol. The molecule has 1 aromatic heterocycles. The zero-order chi connectivity index (χ0) is 17.2. The molecule has 2 aromatic carbocycles. The van der Waals surface area contributed by atoms with Crippen LogP contribution in [-0.4, -0.2) is 23.3 Å². The smallest absolute Gasteiger partial charge is 0.272 e. The van der Waals surface area contributed by atoms with E-state index in [1.165, 1.54) is 25.7 Å². The summed E-state index contributed by atoms with van der Waals surface area (Å²) < 4.78 is 0. The first-order chi connectivity index (χ1) is 12.2. The van der Waals surface area contributed by atoms with E-state index in [1.54, 1.807) is 0 Å². The quantitative estimate of drug-likeness (QED) is 0.731. The van der Waals surface area contributed by atoms with Gasteiger partial charge >= 0.3 is 0 Å². The molecule has 0 unspecified atom stereocenters. The predicted octanol–water partition coefficient (Wildman–Crippen LogP) is 4.62. The number of aromatic nitrogens is 2. The summed E-state index contributed by atoms with van der Waals surface area (Å²) in [5.74, 6) is 0. The molecule has 3 aromatic rings. The monoisotopic (exact) mass is 353 g/mol. The lowest BCUT2D eigenvalue weighted by molar-refractivity contribution is 0.726. The van der Waals surface area contributed by atoms with Gasteiger partial charge in [0.15, 0.2) is 0 Å². The van der Waals surface area contributed by atoms with Crippen molar-refractivity contribution in [2.75, 3.05) is 18.0 Å². The van der Waals surface area contributed by atoms with E-state index >= 15 is 0 Å². The molecule has 1 fully saturated rings. The standard InChI is InChI=1S/C20H20ClN3O/c21-17-13-14(9-10-18(17)24-11-5-1-2-6-12-24)19-15-7-3-4-8-16(15)20(25)23-22-19/h3-4,7-10,13H,1-2,5-6,11-12H2,(H,23,25). The van der Waals surface area contributed by atoms with Crippen molar-refractivity contribution in [1.29, 1.82) is 0 Å². The third-order valence-electron chi connectivity index (χ3n) is 4.86. The van der Waals surface area contributed by atoms with Crippen molar-refractivity contribution in [3.8, 4) is 11.3 Å². The maximum atomic E-state index is 12.0. The van der Waals surface area contributed by atoms with E-state index in [0.717, 1.165) is 40.4 Å². The zero-order valence-electron chi connectivity index (χ0n) is 14.0. The number of anilines is 1. The second-order valence-electron chi connectivity index (χ2n) is 6.51. The number of rotatable bonds is 2. The Morgan fingerprint density at radius 2 is 1.68 bits per heavy atom. The van der Waals surface area contributed by atoms with Gasteiger partial charge < -0.3 is 4.90 Å². The molecule has 4 rings (SSSR count). The van der Waals surface area contributed by atoms with E-state index < -0.39 is 0 Å². The van der Waals surface area contributed by atoms with Gasteiger partial charge in [0.2, 0.25) is 0 Å². The van der Waals surface area contributed by atoms with Crippen LogP contribution in [0, 0.1) is 0 Å². The number of fused-ring (bicyclic) bond motifs is 1. The van der Waals surface area contributed by atoms with Crippen LogP contribution in [0.3, 0.4) is 0 Å². The summed E-state index contributed by atoms with van der Waals surface area (Å²) >= 11 is 6.61. The third kappa shape index (κ3) is 3.14. The Morgan fingerprint density at radius 3 is 2.40 bits per heavy atom. The van der Waals surface area contributed by atoms with E-state index in [4.69, 9.17) is 11.6 Å². The maximum Gasteiger partial charge on any atom is 0.272 e. The fourth-order valence-corrected chi connectivity index (χ4v) is 3.86. The average Bonchev–Trinajstić information content (AvgIpc) is 2.91. The second kappa shape index (κ2) is 6.89. The summed E-state index contributed by atoms with van der Waals surface area (Å²) in [4.78, 5) is 14.3. The van der Waals surface area contributed by atoms with Gasteiger partial charge in [-0.2, -0.15) is 5.10 Å². The molecule has 4 nitrogen and oxygen atoms in total. The molecule has 0 saturated carbocycles. The van der Waals surface area contributed by atoms with E-state index in [0.29, 0.717) is 5.39 Å². The van der Waals surface area contributed by atoms with Gasteiger partial charge in [0.1, 0.15) is 0 Å². The molecular formula is C20H20ClN3O. The van der Waals surface area contributed by atoms with E-state index in [9.17, 15) is 4.79 Å². The van der Waals surface area contributed by atoms with Crippen LogP contribution in [0.2, 0.25) is 5.02 Å². The Kier molecular flexibility index (Phi) is 4.45. The Labute approximate surface area is 151 Å². The van der Waals surface area contributed by atoms with Crippen LogP contribution in [0.15, 0.2) is 47.3 Å². The average molecular weight is 354 g/mol. The molecule has 1 saturated heterocycles.